The molecular formula is C15H22N4O. The van der Waals surface area contributed by atoms with Gasteiger partial charge < -0.3 is 0 Å². The second-order valence-corrected chi connectivity index (χ2v) is 5.91. The number of hydrogen-bond donors (Lipinski definition) is 1. The van der Waals surface area contributed by atoms with Gasteiger partial charge in [-0.2, -0.15) is 0 Å². The minimum atomic E-state index is -0.0504. The molecule has 1 saturated heterocycles. The SMILES string of the molecule is CC(C)N1CCCCC1Cc1nc2cccc(=O)n2[nH]1. The molecule has 2 aromatic rings. The Morgan fingerprint density at radius 1 is 1.40 bits per heavy atom. The standard InChI is InChI=1S/C15H22N4O/c1-11(2)18-9-4-3-6-12(18)10-13-16-14-7-5-8-15(20)19(14)17-13/h5,7-8,11-12H,3-4,6,9-10H2,1-2H3,(H,16,17). The first kappa shape index (κ1) is 13.4. The molecule has 1 unspecified atom stereocenters. The maximum atomic E-state index is 11.7. The fourth-order valence-corrected chi connectivity index (χ4v) is 3.21. The molecule has 1 N–H and O–H groups in total. The summed E-state index contributed by atoms with van der Waals surface area (Å²) in [4.78, 5) is 18.8. The lowest BCUT2D eigenvalue weighted by Gasteiger charge is -2.38. The van der Waals surface area contributed by atoms with Crippen molar-refractivity contribution in [2.45, 2.75) is 51.6 Å². The molecule has 0 aromatic carbocycles. The van der Waals surface area contributed by atoms with Crippen LogP contribution in [0.4, 0.5) is 0 Å². The Morgan fingerprint density at radius 3 is 3.00 bits per heavy atom. The Bertz CT molecular complexity index is 643. The number of aromatic nitrogens is 3. The Balaban J connectivity index is 1.84. The molecule has 1 fully saturated rings. The van der Waals surface area contributed by atoms with Crippen LogP contribution in [0.5, 0.6) is 0 Å². The molecule has 108 valence electrons. The average molecular weight is 274 g/mol. The number of piperidine rings is 1. The quantitative estimate of drug-likeness (QED) is 0.929. The van der Waals surface area contributed by atoms with Crippen LogP contribution < -0.4 is 5.56 Å². The van der Waals surface area contributed by atoms with Gasteiger partial charge in [0.2, 0.25) is 0 Å². The highest BCUT2D eigenvalue weighted by molar-refractivity contribution is 5.36. The number of likely N-dealkylation sites (tertiary alicyclic amines) is 1. The van der Waals surface area contributed by atoms with Crippen molar-refractivity contribution in [3.63, 3.8) is 0 Å². The molecule has 0 spiro atoms. The summed E-state index contributed by atoms with van der Waals surface area (Å²) in [6.07, 6.45) is 4.67. The van der Waals surface area contributed by atoms with Crippen molar-refractivity contribution in [3.8, 4) is 0 Å². The van der Waals surface area contributed by atoms with Crippen LogP contribution in [0.2, 0.25) is 0 Å². The van der Waals surface area contributed by atoms with Crippen LogP contribution in [-0.2, 0) is 6.42 Å². The monoisotopic (exact) mass is 274 g/mol. The molecule has 1 aliphatic heterocycles. The molecule has 0 aliphatic carbocycles. The lowest BCUT2D eigenvalue weighted by atomic mass is 9.97. The molecule has 5 heteroatoms. The molecule has 0 radical (unpaired) electrons. The molecule has 3 rings (SSSR count). The van der Waals surface area contributed by atoms with Gasteiger partial charge in [0.25, 0.3) is 5.56 Å². The highest BCUT2D eigenvalue weighted by Gasteiger charge is 2.25. The van der Waals surface area contributed by atoms with Gasteiger partial charge in [-0.1, -0.05) is 12.5 Å². The van der Waals surface area contributed by atoms with E-state index in [1.165, 1.54) is 30.3 Å². The van der Waals surface area contributed by atoms with Gasteiger partial charge in [-0.05, 0) is 39.3 Å². The summed E-state index contributed by atoms with van der Waals surface area (Å²) in [5.74, 6) is 0.908. The second-order valence-electron chi connectivity index (χ2n) is 5.91. The number of H-pyrrole nitrogens is 1. The van der Waals surface area contributed by atoms with Crippen molar-refractivity contribution >= 4 is 5.65 Å². The van der Waals surface area contributed by atoms with Crippen LogP contribution in [0.3, 0.4) is 0 Å². The van der Waals surface area contributed by atoms with Crippen LogP contribution >= 0.6 is 0 Å². The highest BCUT2D eigenvalue weighted by atomic mass is 16.1. The topological polar surface area (TPSA) is 53.4 Å². The van der Waals surface area contributed by atoms with Gasteiger partial charge in [0.1, 0.15) is 5.82 Å². The molecule has 1 atom stereocenters. The Morgan fingerprint density at radius 2 is 2.25 bits per heavy atom. The first-order valence-electron chi connectivity index (χ1n) is 7.47. The molecule has 2 aromatic heterocycles. The minimum Gasteiger partial charge on any atom is -0.298 e. The number of nitrogens with one attached hydrogen (secondary N) is 1. The molecule has 5 nitrogen and oxygen atoms in total. The third kappa shape index (κ3) is 2.50. The second kappa shape index (κ2) is 5.40. The summed E-state index contributed by atoms with van der Waals surface area (Å²) in [7, 11) is 0. The van der Waals surface area contributed by atoms with Crippen molar-refractivity contribution in [1.29, 1.82) is 0 Å². The fourth-order valence-electron chi connectivity index (χ4n) is 3.21. The predicted molar refractivity (Wildman–Crippen MR) is 79.0 cm³/mol. The lowest BCUT2D eigenvalue weighted by Crippen LogP contribution is -2.45. The van der Waals surface area contributed by atoms with Crippen LogP contribution in [-0.4, -0.2) is 38.1 Å². The van der Waals surface area contributed by atoms with E-state index in [1.807, 2.05) is 6.07 Å². The molecule has 0 saturated carbocycles. The van der Waals surface area contributed by atoms with Gasteiger partial charge in [-0.15, -0.1) is 0 Å². The number of fused-ring (bicyclic) bond motifs is 1. The first-order valence-corrected chi connectivity index (χ1v) is 7.47. The summed E-state index contributed by atoms with van der Waals surface area (Å²) in [6.45, 7) is 5.67. The van der Waals surface area contributed by atoms with E-state index in [0.717, 1.165) is 12.2 Å². The summed E-state index contributed by atoms with van der Waals surface area (Å²) in [6, 6.07) is 6.26. The van der Waals surface area contributed by atoms with E-state index in [4.69, 9.17) is 0 Å². The largest absolute Gasteiger partial charge is 0.298 e. The maximum absolute atomic E-state index is 11.7. The van der Waals surface area contributed by atoms with E-state index in [1.54, 1.807) is 12.1 Å². The van der Waals surface area contributed by atoms with Crippen LogP contribution in [0, 0.1) is 0 Å². The van der Waals surface area contributed by atoms with Crippen LogP contribution in [0.25, 0.3) is 5.65 Å². The van der Waals surface area contributed by atoms with E-state index in [0.29, 0.717) is 17.7 Å². The van der Waals surface area contributed by atoms with Crippen molar-refractivity contribution in [1.82, 2.24) is 19.5 Å². The summed E-state index contributed by atoms with van der Waals surface area (Å²) < 4.78 is 1.53. The fraction of sp³-hybridized carbons (Fsp3) is 0.600. The Kier molecular flexibility index (Phi) is 3.61. The van der Waals surface area contributed by atoms with E-state index in [9.17, 15) is 4.79 Å². The number of pyridine rings is 1. The van der Waals surface area contributed by atoms with E-state index >= 15 is 0 Å². The molecule has 1 aliphatic rings. The van der Waals surface area contributed by atoms with Gasteiger partial charge >= 0.3 is 0 Å². The van der Waals surface area contributed by atoms with Crippen LogP contribution in [0.15, 0.2) is 23.0 Å². The zero-order valence-electron chi connectivity index (χ0n) is 12.2. The lowest BCUT2D eigenvalue weighted by molar-refractivity contribution is 0.110. The van der Waals surface area contributed by atoms with Gasteiger partial charge in [0.05, 0.1) is 0 Å². The molecule has 20 heavy (non-hydrogen) atoms. The predicted octanol–water partition coefficient (Wildman–Crippen LogP) is 1.83. The zero-order valence-corrected chi connectivity index (χ0v) is 12.2. The number of hydrogen-bond acceptors (Lipinski definition) is 3. The smallest absolute Gasteiger partial charge is 0.271 e. The average Bonchev–Trinajstić information content (AvgIpc) is 2.83. The van der Waals surface area contributed by atoms with E-state index in [2.05, 4.69) is 28.8 Å². The van der Waals surface area contributed by atoms with Crippen molar-refractivity contribution in [2.24, 2.45) is 0 Å². The van der Waals surface area contributed by atoms with Gasteiger partial charge in [0.15, 0.2) is 5.65 Å². The molecule has 0 amide bonds. The van der Waals surface area contributed by atoms with Crippen LogP contribution in [0.1, 0.15) is 38.9 Å². The third-order valence-electron chi connectivity index (χ3n) is 4.19. The third-order valence-corrected chi connectivity index (χ3v) is 4.19. The number of rotatable bonds is 3. The van der Waals surface area contributed by atoms with Gasteiger partial charge in [-0.25, -0.2) is 9.50 Å². The maximum Gasteiger partial charge on any atom is 0.271 e. The first-order chi connectivity index (χ1) is 9.65. The minimum absolute atomic E-state index is 0.0504. The van der Waals surface area contributed by atoms with Crippen molar-refractivity contribution in [3.05, 3.63) is 34.4 Å². The number of nitrogens with zero attached hydrogens (tertiary/aromatic N) is 3. The molecular weight excluding hydrogens is 252 g/mol. The van der Waals surface area contributed by atoms with E-state index in [-0.39, 0.29) is 5.56 Å². The normalized spacial score (nSPS) is 20.9. The van der Waals surface area contributed by atoms with Gasteiger partial charge in [0, 0.05) is 24.6 Å². The number of aromatic amines is 1. The molecule has 3 heterocycles. The summed E-state index contributed by atoms with van der Waals surface area (Å²) in [5.41, 5.74) is 0.657. The van der Waals surface area contributed by atoms with E-state index < -0.39 is 0 Å². The Labute approximate surface area is 118 Å². The van der Waals surface area contributed by atoms with Crippen molar-refractivity contribution in [2.75, 3.05) is 6.54 Å². The zero-order chi connectivity index (χ0) is 14.1. The highest BCUT2D eigenvalue weighted by Crippen LogP contribution is 2.21. The van der Waals surface area contributed by atoms with Gasteiger partial charge in [-0.3, -0.25) is 14.8 Å². The summed E-state index contributed by atoms with van der Waals surface area (Å²) >= 11 is 0. The molecule has 0 bridgehead atoms. The van der Waals surface area contributed by atoms with Crippen molar-refractivity contribution < 1.29 is 0 Å². The Hall–Kier alpha value is -1.62. The summed E-state index contributed by atoms with van der Waals surface area (Å²) in [5, 5.41) is 3.14.